The Kier molecular flexibility index (Phi) is 5.56. The summed E-state index contributed by atoms with van der Waals surface area (Å²) in [5.74, 6) is 0.183. The maximum Gasteiger partial charge on any atom is 0.433 e. The Morgan fingerprint density at radius 2 is 1.59 bits per heavy atom. The number of hydrogen-bond donors (Lipinski definition) is 0. The van der Waals surface area contributed by atoms with E-state index in [2.05, 4.69) is 10.1 Å². The third-order valence-corrected chi connectivity index (χ3v) is 5.70. The first-order chi connectivity index (χ1) is 14.9. The molecule has 1 aromatic carbocycles. The van der Waals surface area contributed by atoms with E-state index < -0.39 is 11.9 Å². The Morgan fingerprint density at radius 3 is 2.16 bits per heavy atom. The molecule has 0 aliphatic carbocycles. The molecule has 1 amide bonds. The van der Waals surface area contributed by atoms with Crippen molar-refractivity contribution in [3.05, 3.63) is 58.4 Å². The Labute approximate surface area is 188 Å². The number of halogens is 4. The van der Waals surface area contributed by atoms with Gasteiger partial charge in [-0.15, -0.1) is 0 Å². The molecule has 32 heavy (non-hydrogen) atoms. The van der Waals surface area contributed by atoms with Crippen LogP contribution in [0.4, 0.5) is 19.0 Å². The first-order valence-electron chi connectivity index (χ1n) is 10.2. The number of benzene rings is 1. The van der Waals surface area contributed by atoms with Crippen molar-refractivity contribution in [1.29, 1.82) is 0 Å². The molecule has 0 bridgehead atoms. The van der Waals surface area contributed by atoms with Gasteiger partial charge in [0.2, 0.25) is 0 Å². The summed E-state index contributed by atoms with van der Waals surface area (Å²) in [6.07, 6.45) is -4.57. The molecule has 3 heterocycles. The fourth-order valence-electron chi connectivity index (χ4n) is 3.61. The summed E-state index contributed by atoms with van der Waals surface area (Å²) >= 11 is 5.89. The van der Waals surface area contributed by atoms with Crippen LogP contribution in [-0.4, -0.2) is 51.6 Å². The summed E-state index contributed by atoms with van der Waals surface area (Å²) in [6, 6.07) is 9.26. The molecule has 1 aliphatic heterocycles. The fraction of sp³-hybridized carbons (Fsp3) is 0.409. The Bertz CT molecular complexity index is 1140. The molecule has 0 N–H and O–H groups in total. The smallest absolute Gasteiger partial charge is 0.353 e. The monoisotopic (exact) mass is 465 g/mol. The van der Waals surface area contributed by atoms with Crippen molar-refractivity contribution >= 4 is 29.0 Å². The summed E-state index contributed by atoms with van der Waals surface area (Å²) in [4.78, 5) is 20.1. The predicted octanol–water partition coefficient (Wildman–Crippen LogP) is 4.66. The molecule has 0 atom stereocenters. The average molecular weight is 466 g/mol. The molecule has 0 saturated carbocycles. The topological polar surface area (TPSA) is 53.7 Å². The van der Waals surface area contributed by atoms with E-state index in [4.69, 9.17) is 11.6 Å². The van der Waals surface area contributed by atoms with Crippen LogP contribution in [-0.2, 0) is 11.6 Å². The minimum absolute atomic E-state index is 0.133. The summed E-state index contributed by atoms with van der Waals surface area (Å²) in [5.41, 5.74) is 0.0320. The van der Waals surface area contributed by atoms with Gasteiger partial charge in [0.1, 0.15) is 5.82 Å². The van der Waals surface area contributed by atoms with E-state index in [1.807, 2.05) is 25.7 Å². The molecule has 1 aliphatic rings. The van der Waals surface area contributed by atoms with E-state index in [0.717, 1.165) is 6.07 Å². The quantitative estimate of drug-likeness (QED) is 0.552. The van der Waals surface area contributed by atoms with Crippen LogP contribution in [0.15, 0.2) is 36.4 Å². The largest absolute Gasteiger partial charge is 0.433 e. The van der Waals surface area contributed by atoms with Crippen LogP contribution in [0.1, 0.15) is 42.5 Å². The molecule has 1 fully saturated rings. The maximum atomic E-state index is 13.5. The van der Waals surface area contributed by atoms with Crippen molar-refractivity contribution in [3.8, 4) is 0 Å². The van der Waals surface area contributed by atoms with Crippen LogP contribution in [0.25, 0.3) is 5.65 Å². The van der Waals surface area contributed by atoms with Crippen LogP contribution >= 0.6 is 11.6 Å². The van der Waals surface area contributed by atoms with E-state index in [0.29, 0.717) is 48.3 Å². The lowest BCUT2D eigenvalue weighted by molar-refractivity contribution is -0.141. The molecule has 2 aromatic heterocycles. The van der Waals surface area contributed by atoms with Gasteiger partial charge in [-0.2, -0.15) is 22.8 Å². The van der Waals surface area contributed by atoms with Gasteiger partial charge in [-0.25, -0.2) is 4.98 Å². The normalized spacial score (nSPS) is 15.5. The molecule has 4 rings (SSSR count). The van der Waals surface area contributed by atoms with Crippen molar-refractivity contribution in [2.24, 2.45) is 0 Å². The van der Waals surface area contributed by atoms with E-state index in [9.17, 15) is 18.0 Å². The van der Waals surface area contributed by atoms with Gasteiger partial charge >= 0.3 is 6.18 Å². The van der Waals surface area contributed by atoms with Gasteiger partial charge < -0.3 is 9.80 Å². The average Bonchev–Trinajstić information content (AvgIpc) is 3.18. The predicted molar refractivity (Wildman–Crippen MR) is 116 cm³/mol. The molecule has 0 radical (unpaired) electrons. The lowest BCUT2D eigenvalue weighted by atomic mass is 9.93. The standard InChI is InChI=1S/C22H23ClF3N5O/c1-21(2,3)16-12-18-27-17(22(24,25)26)13-19(31(18)28-16)29-8-10-30(11-9-29)20(32)14-4-6-15(23)7-5-14/h4-7,12-13H,8-11H2,1-3H3. The highest BCUT2D eigenvalue weighted by Gasteiger charge is 2.35. The SMILES string of the molecule is CC(C)(C)c1cc2nc(C(F)(F)F)cc(N3CCN(C(=O)c4ccc(Cl)cc4)CC3)n2n1. The highest BCUT2D eigenvalue weighted by atomic mass is 35.5. The zero-order valence-corrected chi connectivity index (χ0v) is 18.7. The van der Waals surface area contributed by atoms with Crippen LogP contribution in [0.3, 0.4) is 0 Å². The number of carbonyl (C=O) groups is 1. The number of hydrogen-bond acceptors (Lipinski definition) is 4. The van der Waals surface area contributed by atoms with Gasteiger partial charge in [-0.05, 0) is 24.3 Å². The van der Waals surface area contributed by atoms with Crippen LogP contribution < -0.4 is 4.90 Å². The second-order valence-electron chi connectivity index (χ2n) is 8.83. The highest BCUT2D eigenvalue weighted by Crippen LogP contribution is 2.32. The number of amides is 1. The van der Waals surface area contributed by atoms with Crippen molar-refractivity contribution in [2.75, 3.05) is 31.1 Å². The summed E-state index contributed by atoms with van der Waals surface area (Å²) < 4.78 is 42.0. The van der Waals surface area contributed by atoms with Gasteiger partial charge in [0, 0.05) is 54.3 Å². The first-order valence-corrected chi connectivity index (χ1v) is 10.6. The summed E-state index contributed by atoms with van der Waals surface area (Å²) in [7, 11) is 0. The highest BCUT2D eigenvalue weighted by molar-refractivity contribution is 6.30. The van der Waals surface area contributed by atoms with Crippen LogP contribution in [0.2, 0.25) is 5.02 Å². The van der Waals surface area contributed by atoms with E-state index in [1.54, 1.807) is 35.2 Å². The van der Waals surface area contributed by atoms with E-state index >= 15 is 0 Å². The van der Waals surface area contributed by atoms with Crippen molar-refractivity contribution in [1.82, 2.24) is 19.5 Å². The molecule has 10 heteroatoms. The van der Waals surface area contributed by atoms with Gasteiger partial charge in [0.05, 0.1) is 5.69 Å². The third-order valence-electron chi connectivity index (χ3n) is 5.45. The van der Waals surface area contributed by atoms with Crippen molar-refractivity contribution < 1.29 is 18.0 Å². The molecule has 1 saturated heterocycles. The maximum absolute atomic E-state index is 13.5. The molecular weight excluding hydrogens is 443 g/mol. The Hall–Kier alpha value is -2.81. The number of carbonyl (C=O) groups excluding carboxylic acids is 1. The van der Waals surface area contributed by atoms with Crippen LogP contribution in [0, 0.1) is 0 Å². The van der Waals surface area contributed by atoms with E-state index in [1.165, 1.54) is 4.52 Å². The van der Waals surface area contributed by atoms with E-state index in [-0.39, 0.29) is 17.0 Å². The molecule has 3 aromatic rings. The molecular formula is C22H23ClF3N5O. The number of nitrogens with zero attached hydrogens (tertiary/aromatic N) is 5. The number of anilines is 1. The molecule has 0 unspecified atom stereocenters. The van der Waals surface area contributed by atoms with Gasteiger partial charge in [-0.1, -0.05) is 32.4 Å². The number of piperazine rings is 1. The van der Waals surface area contributed by atoms with Gasteiger partial charge in [-0.3, -0.25) is 4.79 Å². The van der Waals surface area contributed by atoms with Crippen LogP contribution in [0.5, 0.6) is 0 Å². The fourth-order valence-corrected chi connectivity index (χ4v) is 3.74. The second kappa shape index (κ2) is 7.95. The molecule has 170 valence electrons. The number of alkyl halides is 3. The second-order valence-corrected chi connectivity index (χ2v) is 9.27. The summed E-state index contributed by atoms with van der Waals surface area (Å²) in [5, 5.41) is 5.09. The molecule has 0 spiro atoms. The molecule has 6 nitrogen and oxygen atoms in total. The first kappa shape index (κ1) is 22.4. The minimum atomic E-state index is -4.57. The lowest BCUT2D eigenvalue weighted by Gasteiger charge is -2.36. The zero-order chi connectivity index (χ0) is 23.3. The van der Waals surface area contributed by atoms with Gasteiger partial charge in [0.15, 0.2) is 11.3 Å². The van der Waals surface area contributed by atoms with Crippen molar-refractivity contribution in [3.63, 3.8) is 0 Å². The zero-order valence-electron chi connectivity index (χ0n) is 17.9. The minimum Gasteiger partial charge on any atom is -0.353 e. The van der Waals surface area contributed by atoms with Gasteiger partial charge in [0.25, 0.3) is 5.91 Å². The Morgan fingerprint density at radius 1 is 0.969 bits per heavy atom. The number of aromatic nitrogens is 3. The van der Waals surface area contributed by atoms with Crippen molar-refractivity contribution in [2.45, 2.75) is 32.4 Å². The number of fused-ring (bicyclic) bond motifs is 1. The Balaban J connectivity index is 1.62. The lowest BCUT2D eigenvalue weighted by Crippen LogP contribution is -2.49. The third kappa shape index (κ3) is 4.39. The summed E-state index contributed by atoms with van der Waals surface area (Å²) in [6.45, 7) is 7.34. The number of rotatable bonds is 2.